The summed E-state index contributed by atoms with van der Waals surface area (Å²) in [6, 6.07) is 22.9. The molecule has 0 aliphatic rings. The van der Waals surface area contributed by atoms with Gasteiger partial charge in [0, 0.05) is 20.5 Å². The third-order valence-corrected chi connectivity index (χ3v) is 5.06. The van der Waals surface area contributed by atoms with Crippen molar-refractivity contribution < 1.29 is 10.2 Å². The van der Waals surface area contributed by atoms with E-state index in [-0.39, 0.29) is 11.5 Å². The highest BCUT2D eigenvalue weighted by molar-refractivity contribution is 7.22. The van der Waals surface area contributed by atoms with Crippen LogP contribution in [-0.2, 0) is 0 Å². The third-order valence-electron chi connectivity index (χ3n) is 3.91. The molecule has 0 saturated carbocycles. The summed E-state index contributed by atoms with van der Waals surface area (Å²) >= 11 is 1.71. The van der Waals surface area contributed by atoms with Crippen LogP contribution < -0.4 is 0 Å². The summed E-state index contributed by atoms with van der Waals surface area (Å²) in [5, 5.41) is 20.7. The summed E-state index contributed by atoms with van der Waals surface area (Å²) in [5.41, 5.74) is 2.95. The van der Waals surface area contributed by atoms with E-state index in [0.717, 1.165) is 27.0 Å². The van der Waals surface area contributed by atoms with Crippen LogP contribution in [0.5, 0.6) is 11.5 Å². The molecule has 4 aromatic rings. The van der Waals surface area contributed by atoms with Gasteiger partial charge in [0.2, 0.25) is 0 Å². The van der Waals surface area contributed by atoms with Crippen LogP contribution in [0, 0.1) is 0 Å². The maximum absolute atomic E-state index is 10.2. The molecule has 4 rings (SSSR count). The Bertz CT molecular complexity index is 984. The third kappa shape index (κ3) is 2.45. The molecule has 2 nitrogen and oxygen atoms in total. The molecule has 0 unspecified atom stereocenters. The molecule has 0 amide bonds. The highest BCUT2D eigenvalue weighted by Gasteiger charge is 2.11. The standard InChI is InChI=1S/C20H14O2S/c21-14-10-8-13(9-11-14)20-12-17-15(5-3-7-19(17)23-20)16-4-1-2-6-18(16)22/h1-12,21-22H. The smallest absolute Gasteiger partial charge is 0.123 e. The number of thiophene rings is 1. The molecule has 0 aliphatic carbocycles. The van der Waals surface area contributed by atoms with Crippen molar-refractivity contribution in [1.82, 2.24) is 0 Å². The molecule has 1 heterocycles. The number of phenolic OH excluding ortho intramolecular Hbond substituents is 2. The highest BCUT2D eigenvalue weighted by Crippen LogP contribution is 2.40. The number of hydrogen-bond acceptors (Lipinski definition) is 3. The van der Waals surface area contributed by atoms with Crippen molar-refractivity contribution in [3.05, 3.63) is 72.8 Å². The van der Waals surface area contributed by atoms with Gasteiger partial charge < -0.3 is 10.2 Å². The first-order valence-electron chi connectivity index (χ1n) is 7.33. The minimum Gasteiger partial charge on any atom is -0.508 e. The zero-order valence-electron chi connectivity index (χ0n) is 12.2. The molecule has 0 radical (unpaired) electrons. The van der Waals surface area contributed by atoms with E-state index < -0.39 is 0 Å². The number of aromatic hydroxyl groups is 2. The fourth-order valence-electron chi connectivity index (χ4n) is 2.77. The Balaban J connectivity index is 1.91. The van der Waals surface area contributed by atoms with Crippen LogP contribution in [0.1, 0.15) is 0 Å². The lowest BCUT2D eigenvalue weighted by molar-refractivity contribution is 0.475. The molecule has 0 saturated heterocycles. The van der Waals surface area contributed by atoms with Gasteiger partial charge >= 0.3 is 0 Å². The number of fused-ring (bicyclic) bond motifs is 1. The average molecular weight is 318 g/mol. The van der Waals surface area contributed by atoms with Gasteiger partial charge in [0.1, 0.15) is 11.5 Å². The second-order valence-electron chi connectivity index (χ2n) is 5.39. The van der Waals surface area contributed by atoms with Crippen LogP contribution in [0.4, 0.5) is 0 Å². The summed E-state index contributed by atoms with van der Waals surface area (Å²) in [7, 11) is 0. The largest absolute Gasteiger partial charge is 0.508 e. The normalized spacial score (nSPS) is 11.0. The Labute approximate surface area is 137 Å². The molecule has 0 bridgehead atoms. The van der Waals surface area contributed by atoms with E-state index in [1.807, 2.05) is 42.5 Å². The Kier molecular flexibility index (Phi) is 3.28. The number of para-hydroxylation sites is 1. The number of benzene rings is 3. The molecule has 0 aliphatic heterocycles. The quantitative estimate of drug-likeness (QED) is 0.501. The highest BCUT2D eigenvalue weighted by atomic mass is 32.1. The van der Waals surface area contributed by atoms with Crippen molar-refractivity contribution in [3.8, 4) is 33.1 Å². The lowest BCUT2D eigenvalue weighted by atomic mass is 10.0. The molecule has 3 heteroatoms. The fraction of sp³-hybridized carbons (Fsp3) is 0. The molecule has 2 N–H and O–H groups in total. The van der Waals surface area contributed by atoms with Crippen LogP contribution in [0.2, 0.25) is 0 Å². The lowest BCUT2D eigenvalue weighted by Crippen LogP contribution is -1.79. The van der Waals surface area contributed by atoms with Crippen molar-refractivity contribution in [2.75, 3.05) is 0 Å². The van der Waals surface area contributed by atoms with Gasteiger partial charge in [0.05, 0.1) is 0 Å². The van der Waals surface area contributed by atoms with Gasteiger partial charge in [-0.1, -0.05) is 30.3 Å². The fourth-order valence-corrected chi connectivity index (χ4v) is 3.86. The van der Waals surface area contributed by atoms with E-state index in [0.29, 0.717) is 0 Å². The van der Waals surface area contributed by atoms with Gasteiger partial charge in [-0.25, -0.2) is 0 Å². The molecular weight excluding hydrogens is 304 g/mol. The van der Waals surface area contributed by atoms with Crippen LogP contribution in [-0.4, -0.2) is 10.2 Å². The predicted molar refractivity (Wildman–Crippen MR) is 96.0 cm³/mol. The first kappa shape index (κ1) is 13.9. The second kappa shape index (κ2) is 5.45. The average Bonchev–Trinajstić information content (AvgIpc) is 3.00. The van der Waals surface area contributed by atoms with Crippen LogP contribution >= 0.6 is 11.3 Å². The first-order valence-corrected chi connectivity index (χ1v) is 8.14. The molecule has 1 aromatic heterocycles. The van der Waals surface area contributed by atoms with Crippen LogP contribution in [0.3, 0.4) is 0 Å². The van der Waals surface area contributed by atoms with E-state index in [1.54, 1.807) is 29.5 Å². The Morgan fingerprint density at radius 2 is 1.43 bits per heavy atom. The van der Waals surface area contributed by atoms with Gasteiger partial charge in [-0.3, -0.25) is 0 Å². The van der Waals surface area contributed by atoms with Gasteiger partial charge in [0.15, 0.2) is 0 Å². The topological polar surface area (TPSA) is 40.5 Å². The van der Waals surface area contributed by atoms with E-state index in [9.17, 15) is 10.2 Å². The van der Waals surface area contributed by atoms with E-state index in [4.69, 9.17) is 0 Å². The Morgan fingerprint density at radius 1 is 0.696 bits per heavy atom. The number of rotatable bonds is 2. The van der Waals surface area contributed by atoms with Crippen LogP contribution in [0.25, 0.3) is 31.7 Å². The lowest BCUT2D eigenvalue weighted by Gasteiger charge is -2.05. The first-order chi connectivity index (χ1) is 11.2. The Hall–Kier alpha value is -2.78. The van der Waals surface area contributed by atoms with Gasteiger partial charge in [0.25, 0.3) is 0 Å². The molecule has 0 spiro atoms. The maximum atomic E-state index is 10.2. The van der Waals surface area contributed by atoms with Gasteiger partial charge in [-0.05, 0) is 53.6 Å². The summed E-state index contributed by atoms with van der Waals surface area (Å²) in [6.45, 7) is 0. The zero-order valence-corrected chi connectivity index (χ0v) is 13.0. The number of hydrogen-bond donors (Lipinski definition) is 2. The van der Waals surface area contributed by atoms with Gasteiger partial charge in [-0.2, -0.15) is 0 Å². The van der Waals surface area contributed by atoms with Crippen molar-refractivity contribution in [1.29, 1.82) is 0 Å². The summed E-state index contributed by atoms with van der Waals surface area (Å²) in [6.07, 6.45) is 0. The molecule has 112 valence electrons. The predicted octanol–water partition coefficient (Wildman–Crippen LogP) is 5.65. The van der Waals surface area contributed by atoms with Gasteiger partial charge in [-0.15, -0.1) is 11.3 Å². The second-order valence-corrected chi connectivity index (χ2v) is 6.48. The minimum atomic E-state index is 0.268. The maximum Gasteiger partial charge on any atom is 0.123 e. The molecular formula is C20H14O2S. The van der Waals surface area contributed by atoms with Crippen molar-refractivity contribution in [2.24, 2.45) is 0 Å². The van der Waals surface area contributed by atoms with E-state index in [1.165, 1.54) is 4.70 Å². The molecule has 0 fully saturated rings. The van der Waals surface area contributed by atoms with Crippen molar-refractivity contribution in [2.45, 2.75) is 0 Å². The number of phenols is 2. The van der Waals surface area contributed by atoms with E-state index in [2.05, 4.69) is 12.1 Å². The minimum absolute atomic E-state index is 0.268. The monoisotopic (exact) mass is 318 g/mol. The SMILES string of the molecule is Oc1ccc(-c2cc3c(-c4ccccc4O)cccc3s2)cc1. The Morgan fingerprint density at radius 3 is 2.22 bits per heavy atom. The summed E-state index contributed by atoms with van der Waals surface area (Å²) in [5.74, 6) is 0.558. The zero-order chi connectivity index (χ0) is 15.8. The molecule has 23 heavy (non-hydrogen) atoms. The van der Waals surface area contributed by atoms with E-state index >= 15 is 0 Å². The summed E-state index contributed by atoms with van der Waals surface area (Å²) < 4.78 is 1.17. The molecule has 3 aromatic carbocycles. The van der Waals surface area contributed by atoms with Crippen molar-refractivity contribution >= 4 is 21.4 Å². The van der Waals surface area contributed by atoms with Crippen LogP contribution in [0.15, 0.2) is 72.8 Å². The van der Waals surface area contributed by atoms with Crippen molar-refractivity contribution in [3.63, 3.8) is 0 Å². The summed E-state index contributed by atoms with van der Waals surface area (Å²) in [4.78, 5) is 1.14. The molecule has 0 atom stereocenters.